The summed E-state index contributed by atoms with van der Waals surface area (Å²) in [4.78, 5) is 7.91. The molecule has 74 valence electrons. The monoisotopic (exact) mass is 196 g/mol. The van der Waals surface area contributed by atoms with E-state index in [-0.39, 0.29) is 0 Å². The predicted molar refractivity (Wildman–Crippen MR) is 61.5 cm³/mol. The Balaban J connectivity index is 2.77. The first-order chi connectivity index (χ1) is 7.20. The van der Waals surface area contributed by atoms with Gasteiger partial charge in [-0.15, -0.1) is 0 Å². The first kappa shape index (κ1) is 9.67. The number of fused-ring (bicyclic) bond motifs is 1. The van der Waals surface area contributed by atoms with E-state index >= 15 is 0 Å². The fourth-order valence-corrected chi connectivity index (χ4v) is 1.77. The van der Waals surface area contributed by atoms with Crippen LogP contribution in [-0.4, -0.2) is 4.98 Å². The summed E-state index contributed by atoms with van der Waals surface area (Å²) in [6, 6.07) is 8.17. The molecular formula is C13H12N2. The van der Waals surface area contributed by atoms with Crippen molar-refractivity contribution in [3.8, 4) is 0 Å². The summed E-state index contributed by atoms with van der Waals surface area (Å²) in [6.07, 6.45) is 0. The minimum Gasteiger partial charge on any atom is -0.312 e. The summed E-state index contributed by atoms with van der Waals surface area (Å²) in [6.45, 7) is 11.4. The van der Waals surface area contributed by atoms with Crippen LogP contribution in [0.3, 0.4) is 0 Å². The Morgan fingerprint density at radius 1 is 1.27 bits per heavy atom. The lowest BCUT2D eigenvalue weighted by Crippen LogP contribution is -1.90. The Hall–Kier alpha value is -1.88. The molecule has 0 saturated heterocycles. The van der Waals surface area contributed by atoms with Gasteiger partial charge in [0.25, 0.3) is 0 Å². The summed E-state index contributed by atoms with van der Waals surface area (Å²) in [5.41, 5.74) is 4.25. The van der Waals surface area contributed by atoms with E-state index < -0.39 is 0 Å². The highest BCUT2D eigenvalue weighted by Crippen LogP contribution is 2.20. The van der Waals surface area contributed by atoms with E-state index in [1.807, 2.05) is 19.1 Å². The number of hydrogen-bond donors (Lipinski definition) is 0. The molecule has 0 N–H and O–H groups in total. The molecule has 1 aromatic carbocycles. The molecule has 15 heavy (non-hydrogen) atoms. The third-order valence-electron chi connectivity index (χ3n) is 2.43. The van der Waals surface area contributed by atoms with Crippen molar-refractivity contribution in [2.75, 3.05) is 0 Å². The highest BCUT2D eigenvalue weighted by molar-refractivity contribution is 5.83. The molecule has 2 heteroatoms. The maximum absolute atomic E-state index is 6.94. The van der Waals surface area contributed by atoms with Gasteiger partial charge in [0.05, 0.1) is 5.52 Å². The number of aryl methyl sites for hydroxylation is 2. The molecule has 1 heterocycles. The summed E-state index contributed by atoms with van der Waals surface area (Å²) >= 11 is 0. The summed E-state index contributed by atoms with van der Waals surface area (Å²) in [5.74, 6) is 0. The zero-order valence-corrected chi connectivity index (χ0v) is 8.91. The molecule has 0 aliphatic heterocycles. The molecule has 0 fully saturated rings. The van der Waals surface area contributed by atoms with Crippen LogP contribution in [-0.2, 0) is 6.54 Å². The number of hydrogen-bond acceptors (Lipinski definition) is 1. The predicted octanol–water partition coefficient (Wildman–Crippen LogP) is 3.27. The third kappa shape index (κ3) is 1.82. The van der Waals surface area contributed by atoms with Gasteiger partial charge in [0.1, 0.15) is 0 Å². The van der Waals surface area contributed by atoms with Crippen LogP contribution in [0.1, 0.15) is 16.8 Å². The number of nitrogens with zero attached hydrogens (tertiary/aromatic N) is 2. The normalized spacial score (nSPS) is 10.2. The average Bonchev–Trinajstić information content (AvgIpc) is 2.19. The van der Waals surface area contributed by atoms with Crippen molar-refractivity contribution in [2.24, 2.45) is 0 Å². The zero-order chi connectivity index (χ0) is 10.8. The topological polar surface area (TPSA) is 17.2 Å². The molecule has 2 aromatic rings. The fourth-order valence-electron chi connectivity index (χ4n) is 1.77. The molecule has 0 radical (unpaired) electrons. The maximum atomic E-state index is 6.94. The lowest BCUT2D eigenvalue weighted by molar-refractivity contribution is 1.19. The molecule has 0 unspecified atom stereocenters. The van der Waals surface area contributed by atoms with Crippen LogP contribution < -0.4 is 0 Å². The highest BCUT2D eigenvalue weighted by atomic mass is 14.7. The number of benzene rings is 1. The smallest absolute Gasteiger partial charge is 0.240 e. The Bertz CT molecular complexity index is 550. The van der Waals surface area contributed by atoms with Crippen LogP contribution in [0.15, 0.2) is 24.3 Å². The van der Waals surface area contributed by atoms with Crippen LogP contribution in [0.25, 0.3) is 15.7 Å². The van der Waals surface area contributed by atoms with E-state index in [1.165, 1.54) is 5.56 Å². The van der Waals surface area contributed by atoms with Gasteiger partial charge in [-0.1, -0.05) is 11.6 Å². The van der Waals surface area contributed by atoms with Crippen molar-refractivity contribution in [3.63, 3.8) is 0 Å². The highest BCUT2D eigenvalue weighted by Gasteiger charge is 2.05. The van der Waals surface area contributed by atoms with Crippen molar-refractivity contribution in [1.82, 2.24) is 4.98 Å². The van der Waals surface area contributed by atoms with Gasteiger partial charge in [-0.05, 0) is 32.0 Å². The second kappa shape index (κ2) is 3.70. The zero-order valence-electron chi connectivity index (χ0n) is 8.91. The van der Waals surface area contributed by atoms with Crippen molar-refractivity contribution < 1.29 is 0 Å². The summed E-state index contributed by atoms with van der Waals surface area (Å²) in [5, 5.41) is 1.11. The minimum atomic E-state index is 0.434. The SMILES string of the molecule is [C-]#[N+]Cc1cc(C)nc2ccc(C)cc12. The molecule has 0 aliphatic rings. The van der Waals surface area contributed by atoms with Gasteiger partial charge in [-0.3, -0.25) is 4.98 Å². The Morgan fingerprint density at radius 2 is 2.07 bits per heavy atom. The van der Waals surface area contributed by atoms with Crippen molar-refractivity contribution >= 4 is 10.9 Å². The standard InChI is InChI=1S/C13H12N2/c1-9-4-5-13-12(6-9)11(8-14-3)7-10(2)15-13/h4-7H,8H2,1-2H3. The molecule has 1 aromatic heterocycles. The molecule has 0 saturated carbocycles. The lowest BCUT2D eigenvalue weighted by atomic mass is 10.1. The van der Waals surface area contributed by atoms with Crippen LogP contribution in [0, 0.1) is 20.4 Å². The molecule has 2 nitrogen and oxygen atoms in total. The number of pyridine rings is 1. The van der Waals surface area contributed by atoms with Crippen molar-refractivity contribution in [3.05, 3.63) is 52.5 Å². The van der Waals surface area contributed by atoms with E-state index in [0.717, 1.165) is 22.2 Å². The van der Waals surface area contributed by atoms with Crippen LogP contribution in [0.4, 0.5) is 0 Å². The molecular weight excluding hydrogens is 184 g/mol. The Kier molecular flexibility index (Phi) is 2.39. The lowest BCUT2D eigenvalue weighted by Gasteiger charge is -2.04. The quantitative estimate of drug-likeness (QED) is 0.640. The van der Waals surface area contributed by atoms with Gasteiger partial charge >= 0.3 is 0 Å². The van der Waals surface area contributed by atoms with E-state index in [9.17, 15) is 0 Å². The van der Waals surface area contributed by atoms with Crippen molar-refractivity contribution in [1.29, 1.82) is 0 Å². The molecule has 0 atom stereocenters. The van der Waals surface area contributed by atoms with Crippen LogP contribution in [0.5, 0.6) is 0 Å². The first-order valence-corrected chi connectivity index (χ1v) is 4.91. The van der Waals surface area contributed by atoms with Crippen molar-refractivity contribution in [2.45, 2.75) is 20.4 Å². The molecule has 0 spiro atoms. The van der Waals surface area contributed by atoms with E-state index in [1.54, 1.807) is 0 Å². The largest absolute Gasteiger partial charge is 0.312 e. The van der Waals surface area contributed by atoms with Crippen LogP contribution >= 0.6 is 0 Å². The van der Waals surface area contributed by atoms with Gasteiger partial charge in [0.15, 0.2) is 0 Å². The second-order valence-electron chi connectivity index (χ2n) is 3.76. The third-order valence-corrected chi connectivity index (χ3v) is 2.43. The summed E-state index contributed by atoms with van der Waals surface area (Å²) < 4.78 is 0. The molecule has 0 aliphatic carbocycles. The van der Waals surface area contributed by atoms with Gasteiger partial charge < -0.3 is 4.85 Å². The first-order valence-electron chi connectivity index (χ1n) is 4.91. The van der Waals surface area contributed by atoms with E-state index in [0.29, 0.717) is 6.54 Å². The van der Waals surface area contributed by atoms with E-state index in [2.05, 4.69) is 28.9 Å². The van der Waals surface area contributed by atoms with Crippen LogP contribution in [0.2, 0.25) is 0 Å². The Morgan fingerprint density at radius 3 is 2.80 bits per heavy atom. The minimum absolute atomic E-state index is 0.434. The fraction of sp³-hybridized carbons (Fsp3) is 0.231. The average molecular weight is 196 g/mol. The Labute approximate surface area is 89.4 Å². The molecule has 0 bridgehead atoms. The summed E-state index contributed by atoms with van der Waals surface area (Å²) in [7, 11) is 0. The molecule has 2 rings (SSSR count). The number of rotatable bonds is 1. The maximum Gasteiger partial charge on any atom is 0.240 e. The molecule has 0 amide bonds. The van der Waals surface area contributed by atoms with Gasteiger partial charge in [0, 0.05) is 16.6 Å². The van der Waals surface area contributed by atoms with Gasteiger partial charge in [-0.25, -0.2) is 6.57 Å². The second-order valence-corrected chi connectivity index (χ2v) is 3.76. The number of aromatic nitrogens is 1. The van der Waals surface area contributed by atoms with E-state index in [4.69, 9.17) is 6.57 Å². The van der Waals surface area contributed by atoms with Gasteiger partial charge in [0.2, 0.25) is 6.54 Å². The van der Waals surface area contributed by atoms with Gasteiger partial charge in [-0.2, -0.15) is 0 Å².